The van der Waals surface area contributed by atoms with Crippen LogP contribution in [-0.2, 0) is 11.3 Å². The highest BCUT2D eigenvalue weighted by Crippen LogP contribution is 2.22. The summed E-state index contributed by atoms with van der Waals surface area (Å²) in [6, 6.07) is 14.4. The van der Waals surface area contributed by atoms with E-state index in [1.54, 1.807) is 6.20 Å². The molecule has 1 N–H and O–H groups in total. The van der Waals surface area contributed by atoms with Crippen LogP contribution in [-0.4, -0.2) is 28.9 Å². The van der Waals surface area contributed by atoms with Crippen molar-refractivity contribution in [1.29, 1.82) is 0 Å². The molecule has 1 aromatic carbocycles. The van der Waals surface area contributed by atoms with Crippen molar-refractivity contribution < 1.29 is 4.79 Å². The van der Waals surface area contributed by atoms with Gasteiger partial charge in [-0.15, -0.1) is 0 Å². The summed E-state index contributed by atoms with van der Waals surface area (Å²) < 4.78 is 0. The van der Waals surface area contributed by atoms with Crippen LogP contribution in [0.15, 0.2) is 54.7 Å². The molecule has 3 rings (SSSR count). The topological polar surface area (TPSA) is 45.2 Å². The van der Waals surface area contributed by atoms with Gasteiger partial charge in [0, 0.05) is 26.6 Å². The number of carbonyl (C=O) groups excluding carboxylic acids is 1. The summed E-state index contributed by atoms with van der Waals surface area (Å²) in [6.07, 6.45) is 4.97. The van der Waals surface area contributed by atoms with Gasteiger partial charge < -0.3 is 5.32 Å². The van der Waals surface area contributed by atoms with Crippen molar-refractivity contribution in [1.82, 2.24) is 9.88 Å². The van der Waals surface area contributed by atoms with Gasteiger partial charge >= 0.3 is 0 Å². The van der Waals surface area contributed by atoms with Gasteiger partial charge in [-0.1, -0.05) is 36.4 Å². The summed E-state index contributed by atoms with van der Waals surface area (Å²) >= 11 is 0. The maximum absolute atomic E-state index is 11.0. The summed E-state index contributed by atoms with van der Waals surface area (Å²) in [7, 11) is 0. The number of benzene rings is 1. The molecule has 0 bridgehead atoms. The molecule has 2 aromatic rings. The highest BCUT2D eigenvalue weighted by Gasteiger charge is 2.14. The van der Waals surface area contributed by atoms with Crippen molar-refractivity contribution in [2.45, 2.75) is 19.9 Å². The highest BCUT2D eigenvalue weighted by atomic mass is 16.1. The van der Waals surface area contributed by atoms with E-state index in [1.807, 2.05) is 18.2 Å². The molecular formula is C19H21N3O. The van der Waals surface area contributed by atoms with Gasteiger partial charge in [0.1, 0.15) is 0 Å². The number of amides is 1. The average Bonchev–Trinajstić information content (AvgIpc) is 2.57. The van der Waals surface area contributed by atoms with E-state index in [9.17, 15) is 4.79 Å². The van der Waals surface area contributed by atoms with Crippen LogP contribution in [0.1, 0.15) is 24.6 Å². The van der Waals surface area contributed by atoms with Crippen LogP contribution in [0.3, 0.4) is 0 Å². The normalized spacial score (nSPS) is 15.1. The van der Waals surface area contributed by atoms with Gasteiger partial charge in [0.2, 0.25) is 5.91 Å². The van der Waals surface area contributed by atoms with E-state index in [1.165, 1.54) is 18.1 Å². The summed E-state index contributed by atoms with van der Waals surface area (Å²) in [5, 5.41) is 2.74. The average molecular weight is 307 g/mol. The molecule has 0 unspecified atom stereocenters. The molecule has 1 amide bonds. The zero-order valence-corrected chi connectivity index (χ0v) is 13.3. The zero-order valence-electron chi connectivity index (χ0n) is 13.3. The van der Waals surface area contributed by atoms with Crippen molar-refractivity contribution in [2.24, 2.45) is 0 Å². The number of rotatable bonds is 4. The summed E-state index contributed by atoms with van der Waals surface area (Å²) in [4.78, 5) is 17.9. The molecule has 1 aliphatic rings. The first-order chi connectivity index (χ1) is 11.2. The largest absolute Gasteiger partial charge is 0.325 e. The number of anilines is 1. The number of hydrogen-bond donors (Lipinski definition) is 1. The van der Waals surface area contributed by atoms with Crippen molar-refractivity contribution in [2.75, 3.05) is 18.4 Å². The van der Waals surface area contributed by atoms with Gasteiger partial charge in [-0.05, 0) is 29.7 Å². The fraction of sp³-hybridized carbons (Fsp3) is 0.263. The Balaban J connectivity index is 1.61. The number of nitrogens with zero attached hydrogens (tertiary/aromatic N) is 2. The molecule has 1 aromatic heterocycles. The van der Waals surface area contributed by atoms with Gasteiger partial charge in [0.25, 0.3) is 0 Å². The SMILES string of the molecule is CC(=O)Nc1ccc(C2=CCN(Cc3ccccc3)CC2)nc1. The molecule has 0 saturated heterocycles. The Morgan fingerprint density at radius 2 is 2.04 bits per heavy atom. The zero-order chi connectivity index (χ0) is 16.1. The number of pyridine rings is 1. The van der Waals surface area contributed by atoms with E-state index in [4.69, 9.17) is 0 Å². The molecule has 0 spiro atoms. The molecule has 23 heavy (non-hydrogen) atoms. The third-order valence-corrected chi connectivity index (χ3v) is 3.96. The smallest absolute Gasteiger partial charge is 0.221 e. The van der Waals surface area contributed by atoms with Gasteiger partial charge in [-0.25, -0.2) is 0 Å². The van der Waals surface area contributed by atoms with Crippen LogP contribution in [0.25, 0.3) is 5.57 Å². The van der Waals surface area contributed by atoms with Crippen LogP contribution in [0, 0.1) is 0 Å². The Hall–Kier alpha value is -2.46. The third-order valence-electron chi connectivity index (χ3n) is 3.96. The number of nitrogens with one attached hydrogen (secondary N) is 1. The van der Waals surface area contributed by atoms with Crippen molar-refractivity contribution in [3.8, 4) is 0 Å². The molecule has 2 heterocycles. The molecular weight excluding hydrogens is 286 g/mol. The standard InChI is InChI=1S/C19H21N3O/c1-15(23)21-18-7-8-19(20-13-18)17-9-11-22(12-10-17)14-16-5-3-2-4-6-16/h2-9,13H,10-12,14H2,1H3,(H,21,23). The van der Waals surface area contributed by atoms with E-state index in [0.717, 1.165) is 37.4 Å². The molecule has 0 saturated carbocycles. The maximum Gasteiger partial charge on any atom is 0.221 e. The van der Waals surface area contributed by atoms with E-state index < -0.39 is 0 Å². The molecule has 118 valence electrons. The molecule has 0 fully saturated rings. The first kappa shape index (κ1) is 15.4. The fourth-order valence-corrected chi connectivity index (χ4v) is 2.79. The fourth-order valence-electron chi connectivity index (χ4n) is 2.79. The van der Waals surface area contributed by atoms with Crippen LogP contribution in [0.5, 0.6) is 0 Å². The van der Waals surface area contributed by atoms with Gasteiger partial charge in [0.15, 0.2) is 0 Å². The quantitative estimate of drug-likeness (QED) is 0.942. The van der Waals surface area contributed by atoms with Gasteiger partial charge in [-0.3, -0.25) is 14.7 Å². The second-order valence-corrected chi connectivity index (χ2v) is 5.81. The molecule has 0 aliphatic carbocycles. The van der Waals surface area contributed by atoms with Crippen LogP contribution < -0.4 is 5.32 Å². The van der Waals surface area contributed by atoms with Crippen molar-refractivity contribution >= 4 is 17.2 Å². The number of carbonyl (C=O) groups is 1. The van der Waals surface area contributed by atoms with E-state index in [0.29, 0.717) is 0 Å². The Bertz CT molecular complexity index is 692. The first-order valence-corrected chi connectivity index (χ1v) is 7.90. The Morgan fingerprint density at radius 3 is 2.65 bits per heavy atom. The second-order valence-electron chi connectivity index (χ2n) is 5.81. The lowest BCUT2D eigenvalue weighted by Gasteiger charge is -2.26. The summed E-state index contributed by atoms with van der Waals surface area (Å²) in [6.45, 7) is 4.47. The molecule has 4 nitrogen and oxygen atoms in total. The van der Waals surface area contributed by atoms with Crippen LogP contribution in [0.2, 0.25) is 0 Å². The highest BCUT2D eigenvalue weighted by molar-refractivity contribution is 5.88. The lowest BCUT2D eigenvalue weighted by atomic mass is 10.0. The van der Waals surface area contributed by atoms with Crippen molar-refractivity contribution in [3.05, 3.63) is 66.0 Å². The summed E-state index contributed by atoms with van der Waals surface area (Å²) in [5.41, 5.74) is 4.37. The predicted octanol–water partition coefficient (Wildman–Crippen LogP) is 3.33. The van der Waals surface area contributed by atoms with E-state index in [-0.39, 0.29) is 5.91 Å². The summed E-state index contributed by atoms with van der Waals surface area (Å²) in [5.74, 6) is -0.0759. The lowest BCUT2D eigenvalue weighted by molar-refractivity contribution is -0.114. The maximum atomic E-state index is 11.0. The minimum absolute atomic E-state index is 0.0759. The lowest BCUT2D eigenvalue weighted by Crippen LogP contribution is -2.28. The minimum Gasteiger partial charge on any atom is -0.325 e. The first-order valence-electron chi connectivity index (χ1n) is 7.90. The second kappa shape index (κ2) is 7.20. The third kappa shape index (κ3) is 4.27. The van der Waals surface area contributed by atoms with Gasteiger partial charge in [0.05, 0.1) is 17.6 Å². The molecule has 1 aliphatic heterocycles. The Morgan fingerprint density at radius 1 is 1.22 bits per heavy atom. The number of aromatic nitrogens is 1. The predicted molar refractivity (Wildman–Crippen MR) is 92.9 cm³/mol. The monoisotopic (exact) mass is 307 g/mol. The van der Waals surface area contributed by atoms with Crippen LogP contribution >= 0.6 is 0 Å². The molecule has 0 radical (unpaired) electrons. The Kier molecular flexibility index (Phi) is 4.83. The molecule has 0 atom stereocenters. The molecule has 4 heteroatoms. The van der Waals surface area contributed by atoms with Crippen LogP contribution in [0.4, 0.5) is 5.69 Å². The van der Waals surface area contributed by atoms with Crippen molar-refractivity contribution in [3.63, 3.8) is 0 Å². The Labute approximate surface area is 136 Å². The van der Waals surface area contributed by atoms with E-state index in [2.05, 4.69) is 45.5 Å². The number of hydrogen-bond acceptors (Lipinski definition) is 3. The van der Waals surface area contributed by atoms with E-state index >= 15 is 0 Å². The minimum atomic E-state index is -0.0759. The van der Waals surface area contributed by atoms with Gasteiger partial charge in [-0.2, -0.15) is 0 Å².